The van der Waals surface area contributed by atoms with Crippen molar-refractivity contribution in [3.8, 4) is 46.0 Å². The van der Waals surface area contributed by atoms with Gasteiger partial charge in [-0.15, -0.1) is 0 Å². The van der Waals surface area contributed by atoms with Gasteiger partial charge in [-0.2, -0.15) is 0 Å². The summed E-state index contributed by atoms with van der Waals surface area (Å²) < 4.78 is 59.3. The third kappa shape index (κ3) is 54.1. The molecule has 0 fully saturated rings. The summed E-state index contributed by atoms with van der Waals surface area (Å²) in [6, 6.07) is 63.3. The monoisotopic (exact) mass is 1760 g/mol. The van der Waals surface area contributed by atoms with Crippen LogP contribution in [0.2, 0.25) is 0 Å². The molecule has 8 aromatic carbocycles. The molecule has 0 bridgehead atoms. The van der Waals surface area contributed by atoms with Crippen LogP contribution in [0, 0.1) is 5.92 Å². The van der Waals surface area contributed by atoms with Crippen LogP contribution in [0.5, 0.6) is 46.0 Å². The second-order valence-electron chi connectivity index (χ2n) is 34.4. The van der Waals surface area contributed by atoms with Crippen LogP contribution < -0.4 is 23.7 Å². The molecule has 0 aliphatic rings. The van der Waals surface area contributed by atoms with Crippen LogP contribution in [0.1, 0.15) is 371 Å². The van der Waals surface area contributed by atoms with Crippen molar-refractivity contribution in [1.82, 2.24) is 0 Å². The number of hydrogen-bond donors (Lipinski definition) is 3. The van der Waals surface area contributed by atoms with Gasteiger partial charge in [0.1, 0.15) is 57.2 Å². The predicted molar refractivity (Wildman–Crippen MR) is 530 cm³/mol. The maximum Gasteiger partial charge on any atom is 0.344 e. The van der Waals surface area contributed by atoms with Crippen molar-refractivity contribution in [2.75, 3.05) is 33.5 Å². The van der Waals surface area contributed by atoms with Gasteiger partial charge in [0, 0.05) is 33.4 Å². The first kappa shape index (κ1) is 118. The number of esters is 2. The highest BCUT2D eigenvalue weighted by atomic mass is 16.7. The minimum absolute atomic E-state index is 0.0224. The number of rotatable bonds is 37. The summed E-state index contributed by atoms with van der Waals surface area (Å²) in [5, 5.41) is 27.0. The number of carbonyl (C=O) groups is 2. The van der Waals surface area contributed by atoms with Gasteiger partial charge in [0.15, 0.2) is 31.8 Å². The first-order valence-corrected chi connectivity index (χ1v) is 47.1. The van der Waals surface area contributed by atoms with Crippen LogP contribution >= 0.6 is 0 Å². The van der Waals surface area contributed by atoms with Gasteiger partial charge in [-0.1, -0.05) is 229 Å². The number of ether oxygens (including phenoxy) is 11. The Morgan fingerprint density at radius 3 is 0.701 bits per heavy atom. The molecule has 0 aliphatic heterocycles. The molecule has 0 heterocycles. The Bertz CT molecular complexity index is 3800. The Morgan fingerprint density at radius 1 is 0.276 bits per heavy atom. The molecule has 0 saturated heterocycles. The van der Waals surface area contributed by atoms with Crippen LogP contribution in [0.3, 0.4) is 0 Å². The molecular formula is C111H172O16. The van der Waals surface area contributed by atoms with Crippen molar-refractivity contribution < 1.29 is 77.0 Å². The fraction of sp³-hybridized carbons (Fsp3) is 0.550. The van der Waals surface area contributed by atoms with E-state index in [0.717, 1.165) is 87.2 Å². The number of carbonyl (C=O) groups excluding carboxylic acids is 2. The molecule has 0 aliphatic carbocycles. The SMILES string of the molecule is CCC(C)C(=O)OC(C)(C)C.CCC(C)c1ccc(O)cc1.CCC(C)c1ccc(O)cc1.CCC(C)c1ccc(O)cc1.CCC(C)c1ccc(OC(C)OC)cc1.CCC(C)c1ccc(OCC(=O)OC(C)(C)C)cc1.CCOC(C)Oc1ccc(C(C)CC)cc1.CCOC(C)Oc1ccc(C(C)CC)cc1.CCOC(CC)Oc1ccc(C(C)CC)cc1. The molecule has 13 unspecified atom stereocenters. The molecule has 0 radical (unpaired) electrons. The van der Waals surface area contributed by atoms with Crippen molar-refractivity contribution >= 4 is 11.9 Å². The first-order chi connectivity index (χ1) is 60.1. The average molecular weight is 1760 g/mol. The normalized spacial score (nSPS) is 13.8. The lowest BCUT2D eigenvalue weighted by Crippen LogP contribution is -2.27. The van der Waals surface area contributed by atoms with Gasteiger partial charge in [0.2, 0.25) is 0 Å². The fourth-order valence-corrected chi connectivity index (χ4v) is 11.5. The van der Waals surface area contributed by atoms with Crippen molar-refractivity contribution in [1.29, 1.82) is 0 Å². The van der Waals surface area contributed by atoms with Crippen LogP contribution in [0.4, 0.5) is 0 Å². The Kier molecular flexibility index (Phi) is 62.4. The summed E-state index contributed by atoms with van der Waals surface area (Å²) in [7, 11) is 1.64. The first-order valence-electron chi connectivity index (χ1n) is 47.1. The molecule has 0 aromatic heterocycles. The summed E-state index contributed by atoms with van der Waals surface area (Å²) in [5.74, 6) is 9.54. The highest BCUT2D eigenvalue weighted by Gasteiger charge is 2.21. The summed E-state index contributed by atoms with van der Waals surface area (Å²) in [6.45, 7) is 65.8. The highest BCUT2D eigenvalue weighted by Crippen LogP contribution is 2.30. The minimum Gasteiger partial charge on any atom is -0.508 e. The van der Waals surface area contributed by atoms with E-state index >= 15 is 0 Å². The van der Waals surface area contributed by atoms with E-state index in [-0.39, 0.29) is 55.2 Å². The van der Waals surface area contributed by atoms with E-state index in [1.54, 1.807) is 43.5 Å². The summed E-state index contributed by atoms with van der Waals surface area (Å²) in [4.78, 5) is 22.7. The predicted octanol–water partition coefficient (Wildman–Crippen LogP) is 30.9. The quantitative estimate of drug-likeness (QED) is 0.0245. The fourth-order valence-electron chi connectivity index (χ4n) is 11.5. The third-order valence-corrected chi connectivity index (χ3v) is 21.7. The zero-order valence-electron chi connectivity index (χ0n) is 84.5. The Morgan fingerprint density at radius 2 is 0.496 bits per heavy atom. The molecule has 712 valence electrons. The zero-order valence-corrected chi connectivity index (χ0v) is 84.5. The molecule has 0 saturated carbocycles. The number of benzene rings is 8. The Hall–Kier alpha value is -9.06. The van der Waals surface area contributed by atoms with Gasteiger partial charge in [0.25, 0.3) is 0 Å². The Labute approximate surface area is 771 Å². The smallest absolute Gasteiger partial charge is 0.344 e. The number of aromatic hydroxyl groups is 3. The van der Waals surface area contributed by atoms with Crippen LogP contribution in [-0.4, -0.2) is 97.2 Å². The lowest BCUT2D eigenvalue weighted by atomic mass is 9.99. The molecule has 13 atom stereocenters. The summed E-state index contributed by atoms with van der Waals surface area (Å²) >= 11 is 0. The van der Waals surface area contributed by atoms with Gasteiger partial charge in [0.05, 0.1) is 5.92 Å². The van der Waals surface area contributed by atoms with E-state index in [1.165, 1.54) is 44.5 Å². The minimum atomic E-state index is -0.471. The molecule has 8 rings (SSSR count). The van der Waals surface area contributed by atoms with Crippen molar-refractivity contribution in [3.63, 3.8) is 0 Å². The van der Waals surface area contributed by atoms with Crippen LogP contribution in [0.15, 0.2) is 194 Å². The molecule has 0 spiro atoms. The number of phenols is 3. The molecule has 3 N–H and O–H groups in total. The molecule has 16 nitrogen and oxygen atoms in total. The van der Waals surface area contributed by atoms with Gasteiger partial charge in [-0.3, -0.25) is 4.79 Å². The zero-order chi connectivity index (χ0) is 96.2. The standard InChI is InChI=1S/C16H24O3.C15H24O2.2C14H22O2.C13H20O2.3C10H14O.C9H18O2/c1-6-12(2)13-7-9-14(10-8-13)18-11-15(17)19-16(3,4)5;1-5-12(4)13-8-10-14(11-9-13)17-15(6-2)16-7-3;2*1-5-11(3)13-7-9-14(10-8-13)16-12(4)15-6-2;1-5-10(2)12-6-8-13(9-7-12)15-11(3)14-4;3*1-3-8(2)9-4-6-10(11)7-5-9;1-6-7(2)8(10)11-9(3,4)5/h7-10,12H,6,11H2,1-5H3;8-12,15H,5-7H2,1-4H3;2*7-12H,5-6H2,1-4H3;6-11H,5H2,1-4H3;3*4-8,11H,3H2,1-2H3;7H,6H2,1-5H3. The van der Waals surface area contributed by atoms with E-state index in [9.17, 15) is 9.59 Å². The van der Waals surface area contributed by atoms with Crippen molar-refractivity contribution in [3.05, 3.63) is 239 Å². The van der Waals surface area contributed by atoms with E-state index in [1.807, 2.05) is 206 Å². The average Bonchev–Trinajstić information content (AvgIpc) is 0.873. The summed E-state index contributed by atoms with van der Waals surface area (Å²) in [6.07, 6.45) is 10.2. The number of phenolic OH excluding ortho intramolecular Hbond substituents is 3. The molecule has 16 heteroatoms. The van der Waals surface area contributed by atoms with E-state index in [0.29, 0.717) is 90.2 Å². The van der Waals surface area contributed by atoms with E-state index in [2.05, 4.69) is 166 Å². The highest BCUT2D eigenvalue weighted by molar-refractivity contribution is 5.72. The van der Waals surface area contributed by atoms with Gasteiger partial charge in [-0.25, -0.2) is 4.79 Å². The third-order valence-electron chi connectivity index (χ3n) is 21.7. The topological polar surface area (TPSA) is 196 Å². The largest absolute Gasteiger partial charge is 0.508 e. The lowest BCUT2D eigenvalue weighted by Gasteiger charge is -2.21. The maximum absolute atomic E-state index is 11.5. The molecule has 0 amide bonds. The van der Waals surface area contributed by atoms with E-state index in [4.69, 9.17) is 67.4 Å². The molecule has 127 heavy (non-hydrogen) atoms. The van der Waals surface area contributed by atoms with Crippen LogP contribution in [0.25, 0.3) is 0 Å². The van der Waals surface area contributed by atoms with Gasteiger partial charge < -0.3 is 67.4 Å². The van der Waals surface area contributed by atoms with Crippen molar-refractivity contribution in [2.45, 2.75) is 363 Å². The molecule has 8 aromatic rings. The maximum atomic E-state index is 11.5. The van der Waals surface area contributed by atoms with E-state index < -0.39 is 5.60 Å². The molecular weight excluding hydrogens is 1590 g/mol. The Balaban J connectivity index is 0.00000142. The summed E-state index contributed by atoms with van der Waals surface area (Å²) in [5.41, 5.74) is 9.80. The number of methoxy groups -OCH3 is 1. The van der Waals surface area contributed by atoms with Gasteiger partial charge >= 0.3 is 11.9 Å². The lowest BCUT2D eigenvalue weighted by molar-refractivity contribution is -0.159. The van der Waals surface area contributed by atoms with Crippen molar-refractivity contribution in [2.24, 2.45) is 5.92 Å². The van der Waals surface area contributed by atoms with Crippen LogP contribution in [-0.2, 0) is 38.0 Å². The second kappa shape index (κ2) is 67.2. The number of hydrogen-bond acceptors (Lipinski definition) is 16. The van der Waals surface area contributed by atoms with Gasteiger partial charge in [-0.05, 0) is 330 Å². The second-order valence-corrected chi connectivity index (χ2v) is 34.4.